The Hall–Kier alpha value is -1.66. The number of thioether (sulfide) groups is 1. The summed E-state index contributed by atoms with van der Waals surface area (Å²) in [6, 6.07) is 6.97. The second-order valence-corrected chi connectivity index (χ2v) is 11.6. The summed E-state index contributed by atoms with van der Waals surface area (Å²) in [4.78, 5) is 25.9. The average Bonchev–Trinajstić information content (AvgIpc) is 2.96. The Balaban J connectivity index is 1.58. The smallest absolute Gasteiger partial charge is 0.404 e. The molecule has 2 fully saturated rings. The van der Waals surface area contributed by atoms with E-state index in [2.05, 4.69) is 4.98 Å². The van der Waals surface area contributed by atoms with Crippen molar-refractivity contribution in [1.29, 1.82) is 0 Å². The molecule has 0 bridgehead atoms. The van der Waals surface area contributed by atoms with Crippen molar-refractivity contribution in [1.82, 2.24) is 9.55 Å². The zero-order chi connectivity index (χ0) is 24.7. The molecule has 0 saturated carbocycles. The van der Waals surface area contributed by atoms with Gasteiger partial charge in [0.25, 0.3) is 11.4 Å². The number of aliphatic hydroxyl groups is 1. The molecule has 10 nitrogen and oxygen atoms in total. The van der Waals surface area contributed by atoms with E-state index in [0.29, 0.717) is 17.2 Å². The molecule has 4 rings (SSSR count). The molecule has 1 spiro atoms. The van der Waals surface area contributed by atoms with Crippen molar-refractivity contribution < 1.29 is 32.4 Å². The molecule has 1 aromatic carbocycles. The Morgan fingerprint density at radius 1 is 1.35 bits per heavy atom. The summed E-state index contributed by atoms with van der Waals surface area (Å²) >= 11 is 7.08. The standard InChI is InChI=1S/C20H23ClFN2O8PS/c1-12(2)31-33(28,32-14-5-3-13(21)4-6-14)29-11-20(22)16(26)19(8-10-34-19)17(30-20)24-9-7-15(25)23-18(24)27/h3-7,9,12,16-17,26H,8,10-11H2,1-2H3,(H,23,25,27)/t16-,17+,19+,20+,33?/m0/s1. The summed E-state index contributed by atoms with van der Waals surface area (Å²) < 4.78 is 50.6. The van der Waals surface area contributed by atoms with Crippen molar-refractivity contribution in [2.45, 2.75) is 49.3 Å². The van der Waals surface area contributed by atoms with E-state index < -0.39 is 54.7 Å². The topological polar surface area (TPSA) is 129 Å². The highest BCUT2D eigenvalue weighted by atomic mass is 35.5. The van der Waals surface area contributed by atoms with Crippen molar-refractivity contribution in [3.05, 3.63) is 62.4 Å². The maximum atomic E-state index is 16.0. The zero-order valence-corrected chi connectivity index (χ0v) is 20.6. The van der Waals surface area contributed by atoms with E-state index in [4.69, 9.17) is 29.9 Å². The highest BCUT2D eigenvalue weighted by molar-refractivity contribution is 8.02. The van der Waals surface area contributed by atoms with Crippen LogP contribution in [0.2, 0.25) is 5.02 Å². The molecular weight excluding hydrogens is 514 g/mol. The van der Waals surface area contributed by atoms with Gasteiger partial charge in [-0.3, -0.25) is 23.4 Å². The first kappa shape index (κ1) is 25.4. The molecule has 1 unspecified atom stereocenters. The van der Waals surface area contributed by atoms with Crippen molar-refractivity contribution in [2.75, 3.05) is 12.4 Å². The number of H-pyrrole nitrogens is 1. The van der Waals surface area contributed by atoms with Gasteiger partial charge in [-0.2, -0.15) is 0 Å². The fourth-order valence-corrected chi connectivity index (χ4v) is 6.57. The van der Waals surface area contributed by atoms with E-state index in [-0.39, 0.29) is 5.75 Å². The first-order chi connectivity index (χ1) is 16.0. The first-order valence-corrected chi connectivity index (χ1v) is 13.2. The second-order valence-electron chi connectivity index (χ2n) is 8.15. The van der Waals surface area contributed by atoms with Crippen LogP contribution in [0.5, 0.6) is 5.75 Å². The van der Waals surface area contributed by atoms with E-state index in [9.17, 15) is 19.3 Å². The number of phosphoric acid groups is 1. The van der Waals surface area contributed by atoms with Gasteiger partial charge >= 0.3 is 13.5 Å². The number of alkyl halides is 1. The van der Waals surface area contributed by atoms with Crippen LogP contribution in [0.15, 0.2) is 46.1 Å². The lowest BCUT2D eigenvalue weighted by molar-refractivity contribution is -0.205. The van der Waals surface area contributed by atoms with E-state index in [0.717, 1.165) is 10.6 Å². The molecule has 2 N–H and O–H groups in total. The third-order valence-corrected chi connectivity index (χ3v) is 8.74. The minimum absolute atomic E-state index is 0.109. The van der Waals surface area contributed by atoms with E-state index >= 15 is 4.39 Å². The predicted molar refractivity (Wildman–Crippen MR) is 123 cm³/mol. The van der Waals surface area contributed by atoms with Gasteiger partial charge in [-0.25, -0.2) is 13.8 Å². The predicted octanol–water partition coefficient (Wildman–Crippen LogP) is 3.25. The summed E-state index contributed by atoms with van der Waals surface area (Å²) in [5.41, 5.74) is -1.45. The molecular formula is C20H23ClFN2O8PS. The van der Waals surface area contributed by atoms with Gasteiger partial charge in [-0.1, -0.05) is 11.6 Å². The largest absolute Gasteiger partial charge is 0.530 e. The van der Waals surface area contributed by atoms with E-state index in [1.807, 2.05) is 0 Å². The van der Waals surface area contributed by atoms with Crippen LogP contribution in [0.4, 0.5) is 4.39 Å². The Kier molecular flexibility index (Phi) is 7.05. The summed E-state index contributed by atoms with van der Waals surface area (Å²) in [6.45, 7) is 2.17. The molecule has 2 aromatic rings. The Morgan fingerprint density at radius 3 is 2.59 bits per heavy atom. The highest BCUT2D eigenvalue weighted by Crippen LogP contribution is 2.61. The van der Waals surface area contributed by atoms with E-state index in [1.54, 1.807) is 13.8 Å². The average molecular weight is 537 g/mol. The third-order valence-electron chi connectivity index (χ3n) is 5.35. The van der Waals surface area contributed by atoms with Crippen LogP contribution in [0.3, 0.4) is 0 Å². The number of rotatable bonds is 8. The monoisotopic (exact) mass is 536 g/mol. The third kappa shape index (κ3) is 4.86. The number of hydrogen-bond acceptors (Lipinski definition) is 9. The number of aliphatic hydroxyl groups excluding tert-OH is 1. The molecule has 14 heteroatoms. The maximum Gasteiger partial charge on any atom is 0.530 e. The molecule has 0 amide bonds. The van der Waals surface area contributed by atoms with Crippen molar-refractivity contribution in [2.24, 2.45) is 0 Å². The quantitative estimate of drug-likeness (QED) is 0.488. The fourth-order valence-electron chi connectivity index (χ4n) is 3.74. The maximum absolute atomic E-state index is 16.0. The zero-order valence-electron chi connectivity index (χ0n) is 18.2. The summed E-state index contributed by atoms with van der Waals surface area (Å²) in [5, 5.41) is 11.3. The van der Waals surface area contributed by atoms with Crippen LogP contribution < -0.4 is 15.8 Å². The fraction of sp³-hybridized carbons (Fsp3) is 0.500. The number of aromatic amines is 1. The number of phosphoric ester groups is 1. The highest BCUT2D eigenvalue weighted by Gasteiger charge is 2.69. The van der Waals surface area contributed by atoms with Crippen LogP contribution in [-0.4, -0.2) is 49.8 Å². The van der Waals surface area contributed by atoms with Gasteiger partial charge in [-0.05, 0) is 50.3 Å². The molecule has 34 heavy (non-hydrogen) atoms. The van der Waals surface area contributed by atoms with Gasteiger partial charge < -0.3 is 14.4 Å². The molecule has 5 atom stereocenters. The summed E-state index contributed by atoms with van der Waals surface area (Å²) in [5.74, 6) is -2.15. The Labute approximate surface area is 202 Å². The van der Waals surface area contributed by atoms with Gasteiger partial charge in [0.15, 0.2) is 6.23 Å². The molecule has 2 saturated heterocycles. The van der Waals surface area contributed by atoms with E-state index in [1.165, 1.54) is 42.2 Å². The molecule has 3 heterocycles. The van der Waals surface area contributed by atoms with Crippen LogP contribution >= 0.6 is 31.2 Å². The van der Waals surface area contributed by atoms with Crippen LogP contribution in [-0.2, 0) is 18.3 Å². The van der Waals surface area contributed by atoms with Crippen molar-refractivity contribution in [3.63, 3.8) is 0 Å². The number of halogens is 2. The lowest BCUT2D eigenvalue weighted by Gasteiger charge is -2.43. The number of benzene rings is 1. The minimum atomic E-state index is -4.37. The summed E-state index contributed by atoms with van der Waals surface area (Å²) in [6.07, 6.45) is -2.10. The van der Waals surface area contributed by atoms with Gasteiger partial charge in [-0.15, -0.1) is 11.8 Å². The van der Waals surface area contributed by atoms with Gasteiger partial charge in [0.2, 0.25) is 0 Å². The molecule has 2 aliphatic rings. The number of nitrogens with one attached hydrogen (secondary N) is 1. The Bertz CT molecular complexity index is 1200. The molecule has 0 aliphatic carbocycles. The normalized spacial score (nSPS) is 30.3. The van der Waals surface area contributed by atoms with Gasteiger partial charge in [0.05, 0.1) is 10.9 Å². The number of ether oxygens (including phenoxy) is 1. The molecule has 0 radical (unpaired) electrons. The lowest BCUT2D eigenvalue weighted by Crippen LogP contribution is -2.54. The second kappa shape index (κ2) is 9.42. The minimum Gasteiger partial charge on any atom is -0.404 e. The Morgan fingerprint density at radius 2 is 2.03 bits per heavy atom. The SMILES string of the molecule is CC(C)OP(=O)(OC[C@@]1(F)O[C@@H](n2ccc(=O)[nH]c2=O)[C@@]2(CCS2)[C@@H]1O)Oc1ccc(Cl)cc1. The van der Waals surface area contributed by atoms with Crippen LogP contribution in [0, 0.1) is 0 Å². The van der Waals surface area contributed by atoms with Crippen molar-refractivity contribution >= 4 is 31.2 Å². The summed E-state index contributed by atoms with van der Waals surface area (Å²) in [7, 11) is -4.37. The number of hydrogen-bond donors (Lipinski definition) is 2. The van der Waals surface area contributed by atoms with Crippen LogP contribution in [0.25, 0.3) is 0 Å². The first-order valence-electron chi connectivity index (χ1n) is 10.3. The lowest BCUT2D eigenvalue weighted by atomic mass is 9.93. The van der Waals surface area contributed by atoms with Gasteiger partial charge in [0.1, 0.15) is 18.5 Å². The van der Waals surface area contributed by atoms with Crippen LogP contribution in [0.1, 0.15) is 26.5 Å². The van der Waals surface area contributed by atoms with Crippen molar-refractivity contribution in [3.8, 4) is 5.75 Å². The molecule has 186 valence electrons. The molecule has 1 aromatic heterocycles. The number of aromatic nitrogens is 2. The molecule has 2 aliphatic heterocycles. The number of nitrogens with zero attached hydrogens (tertiary/aromatic N) is 1. The van der Waals surface area contributed by atoms with Gasteiger partial charge in [0, 0.05) is 17.3 Å².